The first-order chi connectivity index (χ1) is 9.67. The highest BCUT2D eigenvalue weighted by Gasteiger charge is 2.26. The molecule has 6 nitrogen and oxygen atoms in total. The zero-order chi connectivity index (χ0) is 14.1. The molecule has 6 heteroatoms. The SMILES string of the molecule is O=C1NC(=O)c2cc(NCc3ccc(CO)o3)ccc21. The van der Waals surface area contributed by atoms with E-state index in [9.17, 15) is 9.59 Å². The third-order valence-electron chi connectivity index (χ3n) is 3.08. The smallest absolute Gasteiger partial charge is 0.259 e. The van der Waals surface area contributed by atoms with Crippen LogP contribution in [0, 0.1) is 0 Å². The van der Waals surface area contributed by atoms with Crippen molar-refractivity contribution >= 4 is 17.5 Å². The third kappa shape index (κ3) is 2.17. The van der Waals surface area contributed by atoms with Gasteiger partial charge in [-0.1, -0.05) is 0 Å². The number of fused-ring (bicyclic) bond motifs is 1. The zero-order valence-corrected chi connectivity index (χ0v) is 10.5. The molecule has 0 aliphatic carbocycles. The Kier molecular flexibility index (Phi) is 3.00. The van der Waals surface area contributed by atoms with Crippen LogP contribution >= 0.6 is 0 Å². The minimum Gasteiger partial charge on any atom is -0.462 e. The Morgan fingerprint density at radius 2 is 1.80 bits per heavy atom. The summed E-state index contributed by atoms with van der Waals surface area (Å²) in [6, 6.07) is 8.44. The van der Waals surface area contributed by atoms with E-state index in [2.05, 4.69) is 10.6 Å². The predicted octanol–water partition coefficient (Wildman–Crippen LogP) is 1.27. The second kappa shape index (κ2) is 4.82. The average molecular weight is 272 g/mol. The number of carbonyl (C=O) groups excluding carboxylic acids is 2. The molecule has 0 atom stereocenters. The van der Waals surface area contributed by atoms with Gasteiger partial charge >= 0.3 is 0 Å². The Labute approximate surface area is 114 Å². The van der Waals surface area contributed by atoms with Crippen LogP contribution in [0.25, 0.3) is 0 Å². The highest BCUT2D eigenvalue weighted by atomic mass is 16.4. The Morgan fingerprint density at radius 1 is 1.05 bits per heavy atom. The number of aliphatic hydroxyl groups is 1. The van der Waals surface area contributed by atoms with Crippen molar-refractivity contribution in [1.29, 1.82) is 0 Å². The normalized spacial score (nSPS) is 13.2. The lowest BCUT2D eigenvalue weighted by Crippen LogP contribution is -2.19. The van der Waals surface area contributed by atoms with Crippen molar-refractivity contribution in [3.63, 3.8) is 0 Å². The molecule has 3 N–H and O–H groups in total. The van der Waals surface area contributed by atoms with E-state index in [1.165, 1.54) is 0 Å². The summed E-state index contributed by atoms with van der Waals surface area (Å²) in [4.78, 5) is 22.9. The van der Waals surface area contributed by atoms with Gasteiger partial charge in [0.2, 0.25) is 0 Å². The maximum atomic E-state index is 11.5. The zero-order valence-electron chi connectivity index (χ0n) is 10.5. The highest BCUT2D eigenvalue weighted by molar-refractivity contribution is 6.21. The van der Waals surface area contributed by atoms with Gasteiger partial charge in [-0.2, -0.15) is 0 Å². The number of nitrogens with one attached hydrogen (secondary N) is 2. The number of rotatable bonds is 4. The summed E-state index contributed by atoms with van der Waals surface area (Å²) in [6.07, 6.45) is 0. The number of aliphatic hydroxyl groups excluding tert-OH is 1. The highest BCUT2D eigenvalue weighted by Crippen LogP contribution is 2.21. The Morgan fingerprint density at radius 3 is 2.55 bits per heavy atom. The topological polar surface area (TPSA) is 91.6 Å². The van der Waals surface area contributed by atoms with Crippen LogP contribution in [0.4, 0.5) is 5.69 Å². The number of amides is 2. The standard InChI is InChI=1S/C14H12N2O4/c17-7-10-3-2-9(20-10)6-15-8-1-4-11-12(5-8)14(19)16-13(11)18/h1-5,15,17H,6-7H2,(H,16,18,19). The molecule has 0 unspecified atom stereocenters. The third-order valence-corrected chi connectivity index (χ3v) is 3.08. The minimum atomic E-state index is -0.380. The van der Waals surface area contributed by atoms with E-state index in [0.717, 1.165) is 5.69 Å². The summed E-state index contributed by atoms with van der Waals surface area (Å²) < 4.78 is 5.34. The maximum Gasteiger partial charge on any atom is 0.259 e. The van der Waals surface area contributed by atoms with Crippen LogP contribution < -0.4 is 10.6 Å². The number of anilines is 1. The summed E-state index contributed by atoms with van der Waals surface area (Å²) in [5.74, 6) is 0.431. The Hall–Kier alpha value is -2.60. The van der Waals surface area contributed by atoms with Crippen molar-refractivity contribution < 1.29 is 19.1 Å². The number of furan rings is 1. The summed E-state index contributed by atoms with van der Waals surface area (Å²) in [6.45, 7) is 0.287. The molecule has 0 bridgehead atoms. The molecule has 0 saturated heterocycles. The fourth-order valence-electron chi connectivity index (χ4n) is 2.07. The summed E-state index contributed by atoms with van der Waals surface area (Å²) >= 11 is 0. The van der Waals surface area contributed by atoms with Crippen LogP contribution in [0.5, 0.6) is 0 Å². The second-order valence-electron chi connectivity index (χ2n) is 4.42. The van der Waals surface area contributed by atoms with E-state index in [1.54, 1.807) is 30.3 Å². The van der Waals surface area contributed by atoms with Gasteiger partial charge in [0.1, 0.15) is 18.1 Å². The molecule has 1 aliphatic rings. The van der Waals surface area contributed by atoms with Gasteiger partial charge in [0.05, 0.1) is 17.7 Å². The van der Waals surface area contributed by atoms with E-state index in [1.807, 2.05) is 0 Å². The fourth-order valence-corrected chi connectivity index (χ4v) is 2.07. The molecule has 0 saturated carbocycles. The van der Waals surface area contributed by atoms with Crippen LogP contribution in [0.3, 0.4) is 0 Å². The number of hydrogen-bond donors (Lipinski definition) is 3. The molecule has 1 aliphatic heterocycles. The number of imide groups is 1. The summed E-state index contributed by atoms with van der Waals surface area (Å²) in [5, 5.41) is 14.2. The second-order valence-corrected chi connectivity index (χ2v) is 4.42. The van der Waals surface area contributed by atoms with Gasteiger partial charge in [-0.3, -0.25) is 14.9 Å². The van der Waals surface area contributed by atoms with Gasteiger partial charge in [0.25, 0.3) is 11.8 Å². The number of carbonyl (C=O) groups is 2. The van der Waals surface area contributed by atoms with Crippen molar-refractivity contribution in [3.8, 4) is 0 Å². The van der Waals surface area contributed by atoms with Gasteiger partial charge in [-0.25, -0.2) is 0 Å². The molecule has 2 heterocycles. The van der Waals surface area contributed by atoms with Gasteiger partial charge in [-0.15, -0.1) is 0 Å². The molecular formula is C14H12N2O4. The van der Waals surface area contributed by atoms with Crippen molar-refractivity contribution in [1.82, 2.24) is 5.32 Å². The van der Waals surface area contributed by atoms with Gasteiger partial charge in [0.15, 0.2) is 0 Å². The first kappa shape index (κ1) is 12.4. The number of hydrogen-bond acceptors (Lipinski definition) is 5. The van der Waals surface area contributed by atoms with Crippen molar-refractivity contribution in [3.05, 3.63) is 53.0 Å². The molecule has 2 aromatic rings. The van der Waals surface area contributed by atoms with Crippen LogP contribution in [0.1, 0.15) is 32.2 Å². The molecule has 3 rings (SSSR count). The molecule has 2 amide bonds. The maximum absolute atomic E-state index is 11.5. The van der Waals surface area contributed by atoms with E-state index in [-0.39, 0.29) is 18.4 Å². The fraction of sp³-hybridized carbons (Fsp3) is 0.143. The van der Waals surface area contributed by atoms with Crippen LogP contribution in [0.2, 0.25) is 0 Å². The molecule has 1 aromatic heterocycles. The molecule has 20 heavy (non-hydrogen) atoms. The lowest BCUT2D eigenvalue weighted by molar-refractivity contribution is 0.0879. The van der Waals surface area contributed by atoms with E-state index in [4.69, 9.17) is 9.52 Å². The predicted molar refractivity (Wildman–Crippen MR) is 70.2 cm³/mol. The monoisotopic (exact) mass is 272 g/mol. The Bertz CT molecular complexity index is 690. The summed E-state index contributed by atoms with van der Waals surface area (Å²) in [5.41, 5.74) is 1.48. The van der Waals surface area contributed by atoms with Crippen LogP contribution in [-0.2, 0) is 13.2 Å². The first-order valence-electron chi connectivity index (χ1n) is 6.09. The van der Waals surface area contributed by atoms with Gasteiger partial charge < -0.3 is 14.8 Å². The average Bonchev–Trinajstić information content (AvgIpc) is 3.02. The van der Waals surface area contributed by atoms with E-state index >= 15 is 0 Å². The molecule has 1 aromatic carbocycles. The van der Waals surface area contributed by atoms with Gasteiger partial charge in [0, 0.05) is 5.69 Å². The molecular weight excluding hydrogens is 260 g/mol. The summed E-state index contributed by atoms with van der Waals surface area (Å²) in [7, 11) is 0. The molecule has 102 valence electrons. The molecule has 0 radical (unpaired) electrons. The molecule has 0 fully saturated rings. The quantitative estimate of drug-likeness (QED) is 0.729. The molecule has 0 spiro atoms. The van der Waals surface area contributed by atoms with Crippen molar-refractivity contribution in [2.75, 3.05) is 5.32 Å². The lowest BCUT2D eigenvalue weighted by Gasteiger charge is -2.05. The van der Waals surface area contributed by atoms with Crippen molar-refractivity contribution in [2.24, 2.45) is 0 Å². The van der Waals surface area contributed by atoms with Gasteiger partial charge in [-0.05, 0) is 30.3 Å². The lowest BCUT2D eigenvalue weighted by atomic mass is 10.1. The minimum absolute atomic E-state index is 0.138. The van der Waals surface area contributed by atoms with E-state index < -0.39 is 0 Å². The largest absolute Gasteiger partial charge is 0.462 e. The van der Waals surface area contributed by atoms with Crippen LogP contribution in [0.15, 0.2) is 34.7 Å². The van der Waals surface area contributed by atoms with E-state index in [0.29, 0.717) is 29.2 Å². The Balaban J connectivity index is 1.74. The van der Waals surface area contributed by atoms with Crippen LogP contribution in [-0.4, -0.2) is 16.9 Å². The number of benzene rings is 1. The van der Waals surface area contributed by atoms with Crippen molar-refractivity contribution in [2.45, 2.75) is 13.2 Å². The first-order valence-corrected chi connectivity index (χ1v) is 6.09.